The Morgan fingerprint density at radius 1 is 1.11 bits per heavy atom. The fraction of sp³-hybridized carbons (Fsp3) is 0.259. The van der Waals surface area contributed by atoms with Gasteiger partial charge < -0.3 is 24.6 Å². The Balaban J connectivity index is 1.35. The third-order valence-electron chi connectivity index (χ3n) is 7.03. The van der Waals surface area contributed by atoms with Crippen molar-refractivity contribution in [1.29, 1.82) is 0 Å². The van der Waals surface area contributed by atoms with Crippen molar-refractivity contribution < 1.29 is 14.2 Å². The number of phenolic OH excluding ortho intramolecular Hbond substituents is 1. The lowest BCUT2D eigenvalue weighted by molar-refractivity contribution is 0.0212. The molecule has 8 nitrogen and oxygen atoms in total. The summed E-state index contributed by atoms with van der Waals surface area (Å²) in [6, 6.07) is 11.4. The molecule has 0 bridgehead atoms. The van der Waals surface area contributed by atoms with Crippen molar-refractivity contribution in [2.24, 2.45) is 7.05 Å². The van der Waals surface area contributed by atoms with E-state index in [1.807, 2.05) is 6.07 Å². The third-order valence-corrected chi connectivity index (χ3v) is 7.33. The monoisotopic (exact) mass is 521 g/mol. The molecule has 2 aromatic heterocycles. The third kappa shape index (κ3) is 4.29. The van der Waals surface area contributed by atoms with Crippen LogP contribution >= 0.6 is 11.6 Å². The number of ether oxygens (including phenoxy) is 1. The van der Waals surface area contributed by atoms with Crippen molar-refractivity contribution in [3.05, 3.63) is 82.4 Å². The number of hydrogen-bond donors (Lipinski definition) is 2. The van der Waals surface area contributed by atoms with Gasteiger partial charge in [0.1, 0.15) is 17.4 Å². The first-order chi connectivity index (χ1) is 17.9. The van der Waals surface area contributed by atoms with Gasteiger partial charge >= 0.3 is 5.69 Å². The number of benzene rings is 2. The quantitative estimate of drug-likeness (QED) is 0.427. The molecule has 2 N–H and O–H groups in total. The summed E-state index contributed by atoms with van der Waals surface area (Å²) in [5, 5.41) is 15.0. The number of aromatic hydroxyl groups is 1. The van der Waals surface area contributed by atoms with Crippen molar-refractivity contribution in [2.45, 2.75) is 12.1 Å². The van der Waals surface area contributed by atoms with Crippen molar-refractivity contribution in [1.82, 2.24) is 19.4 Å². The van der Waals surface area contributed by atoms with Crippen molar-refractivity contribution >= 4 is 17.4 Å². The van der Waals surface area contributed by atoms with Gasteiger partial charge in [0.2, 0.25) is 0 Å². The highest BCUT2D eigenvalue weighted by molar-refractivity contribution is 6.32. The zero-order chi connectivity index (χ0) is 25.7. The molecule has 6 rings (SSSR count). The first kappa shape index (κ1) is 23.7. The molecule has 0 spiro atoms. The van der Waals surface area contributed by atoms with Gasteiger partial charge in [-0.3, -0.25) is 4.57 Å². The molecule has 190 valence electrons. The van der Waals surface area contributed by atoms with E-state index >= 15 is 0 Å². The maximum Gasteiger partial charge on any atom is 0.332 e. The number of rotatable bonds is 4. The summed E-state index contributed by atoms with van der Waals surface area (Å²) >= 11 is 6.52. The van der Waals surface area contributed by atoms with Crippen LogP contribution < -0.4 is 15.9 Å². The van der Waals surface area contributed by atoms with Crippen LogP contribution in [0.25, 0.3) is 27.9 Å². The number of nitrogens with one attached hydrogen (secondary N) is 1. The van der Waals surface area contributed by atoms with Crippen molar-refractivity contribution in [2.75, 3.05) is 31.1 Å². The Labute approximate surface area is 217 Å². The summed E-state index contributed by atoms with van der Waals surface area (Å²) < 4.78 is 23.6. The molecule has 2 aliphatic heterocycles. The van der Waals surface area contributed by atoms with Crippen LogP contribution in [-0.4, -0.2) is 57.6 Å². The Bertz CT molecular complexity index is 1540. The van der Waals surface area contributed by atoms with Gasteiger partial charge in [-0.1, -0.05) is 17.7 Å². The molecule has 10 heteroatoms. The Morgan fingerprint density at radius 2 is 1.89 bits per heavy atom. The first-order valence-electron chi connectivity index (χ1n) is 12.0. The van der Waals surface area contributed by atoms with E-state index in [1.165, 1.54) is 21.3 Å². The summed E-state index contributed by atoms with van der Waals surface area (Å²) in [4.78, 5) is 19.0. The van der Waals surface area contributed by atoms with Crippen LogP contribution in [0.2, 0.25) is 5.02 Å². The van der Waals surface area contributed by atoms with Gasteiger partial charge in [0.15, 0.2) is 0 Å². The smallest absolute Gasteiger partial charge is 0.332 e. The largest absolute Gasteiger partial charge is 0.507 e. The lowest BCUT2D eigenvalue weighted by Gasteiger charge is -2.25. The van der Waals surface area contributed by atoms with Gasteiger partial charge in [-0.25, -0.2) is 14.2 Å². The van der Waals surface area contributed by atoms with E-state index in [9.17, 15) is 14.3 Å². The number of phenols is 1. The molecule has 4 aromatic rings. The highest BCUT2D eigenvalue weighted by atomic mass is 35.5. The van der Waals surface area contributed by atoms with E-state index in [0.29, 0.717) is 46.1 Å². The van der Waals surface area contributed by atoms with E-state index in [4.69, 9.17) is 16.3 Å². The number of morpholine rings is 1. The van der Waals surface area contributed by atoms with Crippen molar-refractivity contribution in [3.8, 4) is 33.7 Å². The van der Waals surface area contributed by atoms with Crippen molar-refractivity contribution in [3.63, 3.8) is 0 Å². The topological polar surface area (TPSA) is 84.6 Å². The molecule has 37 heavy (non-hydrogen) atoms. The SMILES string of the molecule is Cn1ccn(-c2ccc(-c3cc(F)cc(-c4ccnc(N5CC6NCCOC6C5)c4)c3O)cc2Cl)c1=O. The van der Waals surface area contributed by atoms with E-state index in [-0.39, 0.29) is 23.6 Å². The minimum absolute atomic E-state index is 0.0701. The predicted octanol–water partition coefficient (Wildman–Crippen LogP) is 3.58. The molecule has 2 aliphatic rings. The van der Waals surface area contributed by atoms with E-state index in [0.717, 1.165) is 18.9 Å². The second-order valence-electron chi connectivity index (χ2n) is 9.35. The van der Waals surface area contributed by atoms with E-state index in [2.05, 4.69) is 15.2 Å². The molecule has 2 unspecified atom stereocenters. The number of imidazole rings is 1. The molecule has 2 atom stereocenters. The number of pyridine rings is 1. The van der Waals surface area contributed by atoms with Crippen LogP contribution in [0.3, 0.4) is 0 Å². The molecule has 0 radical (unpaired) electrons. The molecule has 0 saturated carbocycles. The zero-order valence-electron chi connectivity index (χ0n) is 20.1. The number of nitrogens with zero attached hydrogens (tertiary/aromatic N) is 4. The van der Waals surface area contributed by atoms with Gasteiger partial charge in [-0.15, -0.1) is 0 Å². The second-order valence-corrected chi connectivity index (χ2v) is 9.76. The summed E-state index contributed by atoms with van der Waals surface area (Å²) in [5.74, 6) is 0.174. The highest BCUT2D eigenvalue weighted by Gasteiger charge is 2.36. The lowest BCUT2D eigenvalue weighted by atomic mass is 9.97. The van der Waals surface area contributed by atoms with Crippen LogP contribution in [0.5, 0.6) is 5.75 Å². The molecule has 2 aromatic carbocycles. The molecule has 0 aliphatic carbocycles. The zero-order valence-corrected chi connectivity index (χ0v) is 20.8. The number of hydrogen-bond acceptors (Lipinski definition) is 6. The number of aryl methyl sites for hydroxylation is 1. The molecular formula is C27H25ClFN5O3. The predicted molar refractivity (Wildman–Crippen MR) is 140 cm³/mol. The number of aromatic nitrogens is 3. The van der Waals surface area contributed by atoms with E-state index < -0.39 is 5.82 Å². The number of halogens is 2. The minimum atomic E-state index is -0.495. The first-order valence-corrected chi connectivity index (χ1v) is 12.4. The standard InChI is InChI=1S/C27H25ClFN5O3/c1-32-7-8-34(27(32)36)23-3-2-16(10-21(23)28)19-12-18(29)13-20(26(19)35)17-4-5-31-25(11-17)33-14-22-24(15-33)37-9-6-30-22/h2-5,7-8,10-13,22,24,30,35H,6,9,14-15H2,1H3. The maximum absolute atomic E-state index is 14.8. The normalized spacial score (nSPS) is 19.3. The summed E-state index contributed by atoms with van der Waals surface area (Å²) in [5.41, 5.74) is 2.08. The fourth-order valence-corrected chi connectivity index (χ4v) is 5.37. The molecule has 2 fully saturated rings. The summed E-state index contributed by atoms with van der Waals surface area (Å²) in [6.07, 6.45) is 5.03. The van der Waals surface area contributed by atoms with Gasteiger partial charge in [0.05, 0.1) is 29.5 Å². The van der Waals surface area contributed by atoms with Crippen LogP contribution in [-0.2, 0) is 11.8 Å². The van der Waals surface area contributed by atoms with Crippen LogP contribution in [0.15, 0.2) is 65.8 Å². The number of anilines is 1. The van der Waals surface area contributed by atoms with Crippen LogP contribution in [0.1, 0.15) is 0 Å². The van der Waals surface area contributed by atoms with Gasteiger partial charge in [-0.2, -0.15) is 0 Å². The van der Waals surface area contributed by atoms with E-state index in [1.54, 1.807) is 49.9 Å². The van der Waals surface area contributed by atoms with Crippen LogP contribution in [0.4, 0.5) is 10.2 Å². The van der Waals surface area contributed by atoms with Crippen LogP contribution in [0, 0.1) is 5.82 Å². The second kappa shape index (κ2) is 9.33. The van der Waals surface area contributed by atoms with Gasteiger partial charge in [-0.05, 0) is 47.5 Å². The Hall–Kier alpha value is -3.66. The minimum Gasteiger partial charge on any atom is -0.507 e. The summed E-state index contributed by atoms with van der Waals surface area (Å²) in [7, 11) is 1.65. The van der Waals surface area contributed by atoms with Gasteiger partial charge in [0.25, 0.3) is 0 Å². The van der Waals surface area contributed by atoms with Gasteiger partial charge in [0, 0.05) is 56.4 Å². The molecule has 4 heterocycles. The summed E-state index contributed by atoms with van der Waals surface area (Å²) in [6.45, 7) is 2.99. The molecule has 0 amide bonds. The number of fused-ring (bicyclic) bond motifs is 1. The fourth-order valence-electron chi connectivity index (χ4n) is 5.10. The maximum atomic E-state index is 14.8. The Kier molecular flexibility index (Phi) is 5.98. The molecular weight excluding hydrogens is 497 g/mol. The Morgan fingerprint density at radius 3 is 2.59 bits per heavy atom. The highest BCUT2D eigenvalue weighted by Crippen LogP contribution is 2.41. The molecule has 2 saturated heterocycles. The average molecular weight is 522 g/mol. The average Bonchev–Trinajstić information content (AvgIpc) is 3.48. The lowest BCUT2D eigenvalue weighted by Crippen LogP contribution is -2.47.